The molecule has 108 valence electrons. The van der Waals surface area contributed by atoms with Crippen LogP contribution in [0.3, 0.4) is 0 Å². The maximum Gasteiger partial charge on any atom is 0.413 e. The molecule has 1 aromatic rings. The Hall–Kier alpha value is -1.69. The van der Waals surface area contributed by atoms with E-state index in [-0.39, 0.29) is 0 Å². The minimum absolute atomic E-state index is 0.327. The van der Waals surface area contributed by atoms with Crippen LogP contribution >= 0.6 is 11.8 Å². The minimum Gasteiger partial charge on any atom is -0.453 e. The Morgan fingerprint density at radius 1 is 1.55 bits per heavy atom. The number of hydrogen-bond acceptors (Lipinski definition) is 5. The van der Waals surface area contributed by atoms with Crippen molar-refractivity contribution in [2.24, 2.45) is 4.99 Å². The van der Waals surface area contributed by atoms with Gasteiger partial charge in [0.2, 0.25) is 5.96 Å². The molecule has 5 nitrogen and oxygen atoms in total. The summed E-state index contributed by atoms with van der Waals surface area (Å²) in [5.41, 5.74) is 1.31. The number of benzene rings is 1. The van der Waals surface area contributed by atoms with E-state index >= 15 is 0 Å². The molecule has 0 radical (unpaired) electrons. The van der Waals surface area contributed by atoms with Gasteiger partial charge in [-0.2, -0.15) is 0 Å². The molecular weight excluding hydrogens is 274 g/mol. The standard InChI is InChI=1S/C14H19N3O2S/c1-3-20-12-7-5-4-6-11(12)10-8-15-13(16-9-10)17-14(18)19-2/h4-7,10H,3,8-9H2,1-2H3,(H2,15,16,17,18). The molecule has 1 aliphatic rings. The third-order valence-corrected chi connectivity index (χ3v) is 4.02. The van der Waals surface area contributed by atoms with Gasteiger partial charge in [0.05, 0.1) is 13.7 Å². The van der Waals surface area contributed by atoms with Gasteiger partial charge in [-0.05, 0) is 17.4 Å². The number of alkyl carbamates (subject to hydrolysis) is 1. The summed E-state index contributed by atoms with van der Waals surface area (Å²) in [6, 6.07) is 8.42. The average Bonchev–Trinajstić information content (AvgIpc) is 2.49. The quantitative estimate of drug-likeness (QED) is 0.839. The third kappa shape index (κ3) is 3.66. The first kappa shape index (κ1) is 14.7. The van der Waals surface area contributed by atoms with Gasteiger partial charge >= 0.3 is 6.09 Å². The lowest BCUT2D eigenvalue weighted by molar-refractivity contribution is 0.176. The second-order valence-electron chi connectivity index (χ2n) is 4.35. The highest BCUT2D eigenvalue weighted by Crippen LogP contribution is 2.29. The fourth-order valence-corrected chi connectivity index (χ4v) is 2.97. The number of aliphatic imine (C=N–C) groups is 1. The zero-order chi connectivity index (χ0) is 14.4. The first-order chi connectivity index (χ1) is 9.74. The number of guanidine groups is 1. The van der Waals surface area contributed by atoms with Crippen LogP contribution in [0, 0.1) is 0 Å². The summed E-state index contributed by atoms with van der Waals surface area (Å²) in [6.07, 6.45) is -0.503. The summed E-state index contributed by atoms with van der Waals surface area (Å²) in [7, 11) is 1.33. The van der Waals surface area contributed by atoms with Crippen LogP contribution in [0.2, 0.25) is 0 Å². The van der Waals surface area contributed by atoms with Crippen LogP contribution in [0.5, 0.6) is 0 Å². The summed E-state index contributed by atoms with van der Waals surface area (Å²) < 4.78 is 4.54. The second-order valence-corrected chi connectivity index (χ2v) is 5.66. The van der Waals surface area contributed by atoms with Crippen molar-refractivity contribution in [1.29, 1.82) is 0 Å². The van der Waals surface area contributed by atoms with E-state index in [4.69, 9.17) is 0 Å². The first-order valence-corrected chi connectivity index (χ1v) is 7.58. The molecule has 2 rings (SSSR count). The summed E-state index contributed by atoms with van der Waals surface area (Å²) >= 11 is 1.84. The topological polar surface area (TPSA) is 62.7 Å². The van der Waals surface area contributed by atoms with Crippen molar-refractivity contribution >= 4 is 23.8 Å². The van der Waals surface area contributed by atoms with Crippen molar-refractivity contribution in [3.05, 3.63) is 29.8 Å². The Kier molecular flexibility index (Phi) is 5.29. The van der Waals surface area contributed by atoms with Gasteiger partial charge < -0.3 is 10.1 Å². The number of ether oxygens (including phenoxy) is 1. The van der Waals surface area contributed by atoms with Gasteiger partial charge in [-0.25, -0.2) is 4.79 Å². The Labute approximate surface area is 123 Å². The Bertz CT molecular complexity index is 505. The van der Waals surface area contributed by atoms with E-state index in [1.54, 1.807) is 0 Å². The van der Waals surface area contributed by atoms with Crippen molar-refractivity contribution in [2.45, 2.75) is 17.7 Å². The number of methoxy groups -OCH3 is 1. The van der Waals surface area contributed by atoms with Crippen molar-refractivity contribution in [2.75, 3.05) is 26.0 Å². The number of thioether (sulfide) groups is 1. The van der Waals surface area contributed by atoms with Gasteiger partial charge in [-0.15, -0.1) is 11.8 Å². The highest BCUT2D eigenvalue weighted by Gasteiger charge is 2.20. The normalized spacial score (nSPS) is 17.9. The summed E-state index contributed by atoms with van der Waals surface area (Å²) in [5.74, 6) is 1.86. The Morgan fingerprint density at radius 3 is 3.00 bits per heavy atom. The molecule has 1 amide bonds. The van der Waals surface area contributed by atoms with Crippen LogP contribution in [0.1, 0.15) is 18.4 Å². The zero-order valence-electron chi connectivity index (χ0n) is 11.7. The van der Waals surface area contributed by atoms with Crippen LogP contribution in [0.25, 0.3) is 0 Å². The molecule has 2 N–H and O–H groups in total. The molecule has 0 fully saturated rings. The fourth-order valence-electron chi connectivity index (χ4n) is 2.09. The number of rotatable bonds is 3. The number of hydrogen-bond donors (Lipinski definition) is 2. The summed E-state index contributed by atoms with van der Waals surface area (Å²) in [4.78, 5) is 16.8. The third-order valence-electron chi connectivity index (χ3n) is 3.05. The molecule has 1 unspecified atom stereocenters. The van der Waals surface area contributed by atoms with Crippen molar-refractivity contribution in [1.82, 2.24) is 10.6 Å². The molecular formula is C14H19N3O2S. The van der Waals surface area contributed by atoms with Crippen LogP contribution < -0.4 is 10.6 Å². The SMILES string of the molecule is CCSc1ccccc1C1CN=C(NC(=O)OC)NC1. The van der Waals surface area contributed by atoms with Crippen LogP contribution in [0.15, 0.2) is 34.2 Å². The van der Waals surface area contributed by atoms with Crippen molar-refractivity contribution in [3.8, 4) is 0 Å². The molecule has 0 aromatic heterocycles. The molecule has 6 heteroatoms. The second kappa shape index (κ2) is 7.19. The van der Waals surface area contributed by atoms with Crippen molar-refractivity contribution < 1.29 is 9.53 Å². The Balaban J connectivity index is 2.05. The van der Waals surface area contributed by atoms with E-state index in [0.29, 0.717) is 18.4 Å². The molecule has 0 spiro atoms. The molecule has 20 heavy (non-hydrogen) atoms. The average molecular weight is 293 g/mol. The van der Waals surface area contributed by atoms with E-state index < -0.39 is 6.09 Å². The number of amides is 1. The highest BCUT2D eigenvalue weighted by atomic mass is 32.2. The van der Waals surface area contributed by atoms with Gasteiger partial charge in [0.1, 0.15) is 0 Å². The first-order valence-electron chi connectivity index (χ1n) is 6.59. The smallest absolute Gasteiger partial charge is 0.413 e. The molecule has 0 bridgehead atoms. The molecule has 0 aliphatic carbocycles. The van der Waals surface area contributed by atoms with E-state index in [1.807, 2.05) is 11.8 Å². The predicted molar refractivity (Wildman–Crippen MR) is 81.4 cm³/mol. The molecule has 0 saturated carbocycles. The highest BCUT2D eigenvalue weighted by molar-refractivity contribution is 7.99. The Morgan fingerprint density at radius 2 is 2.35 bits per heavy atom. The van der Waals surface area contributed by atoms with E-state index in [2.05, 4.69) is 51.6 Å². The number of nitrogens with one attached hydrogen (secondary N) is 2. The summed E-state index contributed by atoms with van der Waals surface area (Å²) in [5, 5.41) is 5.68. The fraction of sp³-hybridized carbons (Fsp3) is 0.429. The van der Waals surface area contributed by atoms with Crippen molar-refractivity contribution in [3.63, 3.8) is 0 Å². The van der Waals surface area contributed by atoms with Gasteiger partial charge in [-0.1, -0.05) is 25.1 Å². The van der Waals surface area contributed by atoms with Gasteiger partial charge in [-0.3, -0.25) is 10.3 Å². The number of carbonyl (C=O) groups is 1. The van der Waals surface area contributed by atoms with Gasteiger partial charge in [0, 0.05) is 17.4 Å². The lowest BCUT2D eigenvalue weighted by atomic mass is 9.98. The molecule has 0 saturated heterocycles. The van der Waals surface area contributed by atoms with Gasteiger partial charge in [0.15, 0.2) is 0 Å². The van der Waals surface area contributed by atoms with E-state index in [0.717, 1.165) is 12.3 Å². The lowest BCUT2D eigenvalue weighted by Crippen LogP contribution is -2.45. The monoisotopic (exact) mass is 293 g/mol. The van der Waals surface area contributed by atoms with Crippen LogP contribution in [-0.4, -0.2) is 38.0 Å². The van der Waals surface area contributed by atoms with Crippen LogP contribution in [0.4, 0.5) is 4.79 Å². The number of carbonyl (C=O) groups excluding carboxylic acids is 1. The maximum atomic E-state index is 11.1. The minimum atomic E-state index is -0.503. The largest absolute Gasteiger partial charge is 0.453 e. The lowest BCUT2D eigenvalue weighted by Gasteiger charge is -2.24. The number of nitrogens with zero attached hydrogens (tertiary/aromatic N) is 1. The van der Waals surface area contributed by atoms with E-state index in [9.17, 15) is 4.79 Å². The molecule has 1 atom stereocenters. The summed E-state index contributed by atoms with van der Waals surface area (Å²) in [6.45, 7) is 3.56. The van der Waals surface area contributed by atoms with E-state index in [1.165, 1.54) is 17.6 Å². The van der Waals surface area contributed by atoms with Gasteiger partial charge in [0.25, 0.3) is 0 Å². The zero-order valence-corrected chi connectivity index (χ0v) is 12.5. The molecule has 1 aromatic carbocycles. The van der Waals surface area contributed by atoms with Crippen LogP contribution in [-0.2, 0) is 4.74 Å². The maximum absolute atomic E-state index is 11.1. The molecule has 1 aliphatic heterocycles. The predicted octanol–water partition coefficient (Wildman–Crippen LogP) is 2.20. The molecule has 1 heterocycles.